The van der Waals surface area contributed by atoms with Gasteiger partial charge >= 0.3 is 5.97 Å². The van der Waals surface area contributed by atoms with Crippen molar-refractivity contribution < 1.29 is 19.1 Å². The fraction of sp³-hybridized carbons (Fsp3) is 0.235. The maximum Gasteiger partial charge on any atom is 0.344 e. The lowest BCUT2D eigenvalue weighted by atomic mass is 10.1. The molecule has 2 rings (SSSR count). The van der Waals surface area contributed by atoms with E-state index in [0.717, 1.165) is 12.0 Å². The number of halogens is 1. The Hall–Kier alpha value is -2.60. The van der Waals surface area contributed by atoms with Gasteiger partial charge in [0.15, 0.2) is 18.4 Å². The van der Waals surface area contributed by atoms with Crippen molar-refractivity contribution in [1.82, 2.24) is 4.98 Å². The van der Waals surface area contributed by atoms with Gasteiger partial charge in [0.1, 0.15) is 5.75 Å². The molecule has 0 radical (unpaired) electrons. The number of amides is 1. The molecule has 0 aliphatic heterocycles. The van der Waals surface area contributed by atoms with Gasteiger partial charge in [0.05, 0.1) is 5.69 Å². The highest BCUT2D eigenvalue weighted by Gasteiger charge is 2.11. The van der Waals surface area contributed by atoms with Crippen molar-refractivity contribution >= 4 is 29.2 Å². The van der Waals surface area contributed by atoms with Crippen molar-refractivity contribution in [3.63, 3.8) is 0 Å². The number of carbonyl (C=O) groups excluding carboxylic acids is 2. The van der Waals surface area contributed by atoms with Gasteiger partial charge in [0.2, 0.25) is 0 Å². The zero-order valence-corrected chi connectivity index (χ0v) is 13.9. The van der Waals surface area contributed by atoms with E-state index >= 15 is 0 Å². The summed E-state index contributed by atoms with van der Waals surface area (Å²) < 4.78 is 10.3. The summed E-state index contributed by atoms with van der Waals surface area (Å²) in [5.41, 5.74) is 1.35. The summed E-state index contributed by atoms with van der Waals surface area (Å²) in [6.45, 7) is 1.30. The molecule has 126 valence electrons. The third kappa shape index (κ3) is 5.24. The Bertz CT molecular complexity index is 721. The van der Waals surface area contributed by atoms with Crippen LogP contribution in [0.5, 0.6) is 5.75 Å². The molecule has 0 unspecified atom stereocenters. The molecule has 0 atom stereocenters. The number of esters is 1. The minimum Gasteiger partial charge on any atom is -0.482 e. The third-order valence-corrected chi connectivity index (χ3v) is 3.40. The van der Waals surface area contributed by atoms with Gasteiger partial charge in [-0.1, -0.05) is 36.7 Å². The molecule has 0 bridgehead atoms. The second-order valence-electron chi connectivity index (χ2n) is 4.80. The molecule has 0 saturated heterocycles. The van der Waals surface area contributed by atoms with Crippen LogP contribution in [0.15, 0.2) is 42.6 Å². The summed E-state index contributed by atoms with van der Waals surface area (Å²) in [7, 11) is 0. The van der Waals surface area contributed by atoms with Crippen molar-refractivity contribution in [1.29, 1.82) is 0 Å². The number of para-hydroxylation sites is 1. The summed E-state index contributed by atoms with van der Waals surface area (Å²) in [5.74, 6) is -0.510. The highest BCUT2D eigenvalue weighted by atomic mass is 35.5. The first-order valence-corrected chi connectivity index (χ1v) is 7.74. The average molecular weight is 349 g/mol. The van der Waals surface area contributed by atoms with E-state index in [1.165, 1.54) is 6.20 Å². The Labute approximate surface area is 144 Å². The first kappa shape index (κ1) is 17.7. The van der Waals surface area contributed by atoms with Crippen LogP contribution in [-0.4, -0.2) is 30.1 Å². The van der Waals surface area contributed by atoms with Gasteiger partial charge in [0, 0.05) is 6.20 Å². The largest absolute Gasteiger partial charge is 0.482 e. The van der Waals surface area contributed by atoms with Crippen LogP contribution in [0.1, 0.15) is 12.5 Å². The lowest BCUT2D eigenvalue weighted by Gasteiger charge is -2.10. The van der Waals surface area contributed by atoms with E-state index in [0.29, 0.717) is 11.4 Å². The molecule has 0 spiro atoms. The fourth-order valence-electron chi connectivity index (χ4n) is 1.93. The lowest BCUT2D eigenvalue weighted by Crippen LogP contribution is -2.24. The van der Waals surface area contributed by atoms with Crippen LogP contribution in [0.25, 0.3) is 0 Å². The number of anilines is 1. The van der Waals surface area contributed by atoms with Gasteiger partial charge < -0.3 is 14.8 Å². The number of benzene rings is 1. The molecule has 1 N–H and O–H groups in total. The van der Waals surface area contributed by atoms with Crippen LogP contribution in [-0.2, 0) is 20.7 Å². The van der Waals surface area contributed by atoms with Crippen molar-refractivity contribution in [3.05, 3.63) is 53.3 Å². The van der Waals surface area contributed by atoms with Gasteiger partial charge in [-0.3, -0.25) is 4.79 Å². The number of aryl methyl sites for hydroxylation is 1. The number of nitrogens with one attached hydrogen (secondary N) is 1. The highest BCUT2D eigenvalue weighted by molar-refractivity contribution is 6.32. The first-order valence-electron chi connectivity index (χ1n) is 7.37. The second-order valence-corrected chi connectivity index (χ2v) is 5.16. The first-order chi connectivity index (χ1) is 11.6. The fourth-order valence-corrected chi connectivity index (χ4v) is 2.09. The SMILES string of the molecule is CCc1ccccc1OCC(=O)OCC(=O)Nc1cccnc1Cl. The maximum absolute atomic E-state index is 11.7. The molecule has 7 heteroatoms. The Kier molecular flexibility index (Phi) is 6.57. The van der Waals surface area contributed by atoms with Crippen LogP contribution in [0.3, 0.4) is 0 Å². The van der Waals surface area contributed by atoms with E-state index in [1.807, 2.05) is 25.1 Å². The molecule has 24 heavy (non-hydrogen) atoms. The van der Waals surface area contributed by atoms with Crippen molar-refractivity contribution in [3.8, 4) is 5.75 Å². The van der Waals surface area contributed by atoms with E-state index in [9.17, 15) is 9.59 Å². The molecule has 6 nitrogen and oxygen atoms in total. The molecule has 1 aromatic heterocycles. The quantitative estimate of drug-likeness (QED) is 0.615. The Morgan fingerprint density at radius 1 is 1.17 bits per heavy atom. The molecule has 1 amide bonds. The van der Waals surface area contributed by atoms with Crippen LogP contribution in [0.2, 0.25) is 5.15 Å². The van der Waals surface area contributed by atoms with Gasteiger partial charge in [-0.05, 0) is 30.2 Å². The number of hydrogen-bond donors (Lipinski definition) is 1. The Balaban J connectivity index is 1.77. The maximum atomic E-state index is 11.7. The van der Waals surface area contributed by atoms with E-state index in [4.69, 9.17) is 21.1 Å². The van der Waals surface area contributed by atoms with E-state index < -0.39 is 18.5 Å². The molecule has 0 saturated carbocycles. The average Bonchev–Trinajstić information content (AvgIpc) is 2.60. The Morgan fingerprint density at radius 3 is 2.71 bits per heavy atom. The third-order valence-electron chi connectivity index (χ3n) is 3.10. The van der Waals surface area contributed by atoms with Crippen molar-refractivity contribution in [2.24, 2.45) is 0 Å². The number of pyridine rings is 1. The molecule has 1 heterocycles. The topological polar surface area (TPSA) is 77.5 Å². The minimum absolute atomic E-state index is 0.164. The van der Waals surface area contributed by atoms with Gasteiger partial charge in [0.25, 0.3) is 5.91 Å². The molecule has 0 aliphatic carbocycles. The predicted molar refractivity (Wildman–Crippen MR) is 90.2 cm³/mol. The standard InChI is InChI=1S/C17H17ClN2O4/c1-2-12-6-3-4-8-14(12)23-11-16(22)24-10-15(21)20-13-7-5-9-19-17(13)18/h3-9H,2,10-11H2,1H3,(H,20,21). The van der Waals surface area contributed by atoms with Crippen molar-refractivity contribution in [2.75, 3.05) is 18.5 Å². The van der Waals surface area contributed by atoms with Crippen LogP contribution in [0, 0.1) is 0 Å². The molecular weight excluding hydrogens is 332 g/mol. The number of carbonyl (C=O) groups is 2. The predicted octanol–water partition coefficient (Wildman–Crippen LogP) is 2.86. The molecule has 1 aromatic carbocycles. The normalized spacial score (nSPS) is 10.1. The lowest BCUT2D eigenvalue weighted by molar-refractivity contribution is -0.149. The van der Waals surface area contributed by atoms with Crippen molar-refractivity contribution in [2.45, 2.75) is 13.3 Å². The summed E-state index contributed by atoms with van der Waals surface area (Å²) in [5, 5.41) is 2.67. The Morgan fingerprint density at radius 2 is 1.96 bits per heavy atom. The van der Waals surface area contributed by atoms with Gasteiger partial charge in [-0.15, -0.1) is 0 Å². The zero-order chi connectivity index (χ0) is 17.4. The van der Waals surface area contributed by atoms with Gasteiger partial charge in [-0.25, -0.2) is 9.78 Å². The zero-order valence-electron chi connectivity index (χ0n) is 13.1. The number of ether oxygens (including phenoxy) is 2. The molecular formula is C17H17ClN2O4. The van der Waals surface area contributed by atoms with E-state index in [1.54, 1.807) is 18.2 Å². The highest BCUT2D eigenvalue weighted by Crippen LogP contribution is 2.18. The van der Waals surface area contributed by atoms with Crippen LogP contribution in [0.4, 0.5) is 5.69 Å². The number of nitrogens with zero attached hydrogens (tertiary/aromatic N) is 1. The second kappa shape index (κ2) is 8.88. The van der Waals surface area contributed by atoms with Crippen LogP contribution < -0.4 is 10.1 Å². The number of hydrogen-bond acceptors (Lipinski definition) is 5. The summed E-state index contributed by atoms with van der Waals surface area (Å²) >= 11 is 5.82. The summed E-state index contributed by atoms with van der Waals surface area (Å²) in [6, 6.07) is 10.7. The minimum atomic E-state index is -0.631. The summed E-state index contributed by atoms with van der Waals surface area (Å²) in [4.78, 5) is 27.2. The monoisotopic (exact) mass is 348 g/mol. The molecule has 0 aliphatic rings. The number of rotatable bonds is 7. The smallest absolute Gasteiger partial charge is 0.344 e. The summed E-state index contributed by atoms with van der Waals surface area (Å²) in [6.07, 6.45) is 2.29. The van der Waals surface area contributed by atoms with Gasteiger partial charge in [-0.2, -0.15) is 0 Å². The molecule has 2 aromatic rings. The van der Waals surface area contributed by atoms with E-state index in [2.05, 4.69) is 10.3 Å². The van der Waals surface area contributed by atoms with Crippen LogP contribution >= 0.6 is 11.6 Å². The van der Waals surface area contributed by atoms with E-state index in [-0.39, 0.29) is 11.8 Å². The molecule has 0 fully saturated rings. The number of aromatic nitrogens is 1.